The van der Waals surface area contributed by atoms with Crippen molar-refractivity contribution in [1.29, 1.82) is 0 Å². The van der Waals surface area contributed by atoms with Gasteiger partial charge in [-0.2, -0.15) is 0 Å². The number of likely N-dealkylation sites (tertiary alicyclic amines) is 3. The molecule has 5 atom stereocenters. The van der Waals surface area contributed by atoms with Gasteiger partial charge in [-0.05, 0) is 77.4 Å². The first kappa shape index (κ1) is 36.4. The van der Waals surface area contributed by atoms with Crippen molar-refractivity contribution in [2.45, 2.75) is 88.1 Å². The second-order valence-corrected chi connectivity index (χ2v) is 14.8. The van der Waals surface area contributed by atoms with Gasteiger partial charge in [-0.15, -0.1) is 0 Å². The largest absolute Gasteiger partial charge is 0.507 e. The highest BCUT2D eigenvalue weighted by Gasteiger charge is 2.46. The number of nitrogens with one attached hydrogen (secondary N) is 2. The number of piperidine rings is 3. The van der Waals surface area contributed by atoms with Gasteiger partial charge in [-0.1, -0.05) is 24.3 Å². The number of carbonyl (C=O) groups is 5. The number of urea groups is 1. The molecule has 6 rings (SSSR count). The van der Waals surface area contributed by atoms with E-state index in [1.54, 1.807) is 12.1 Å². The van der Waals surface area contributed by atoms with E-state index in [1.807, 2.05) is 29.2 Å². The first-order valence-electron chi connectivity index (χ1n) is 17.7. The summed E-state index contributed by atoms with van der Waals surface area (Å²) in [5.41, 5.74) is 2.45. The number of para-hydroxylation sites is 1. The molecule has 4 heterocycles. The van der Waals surface area contributed by atoms with Crippen LogP contribution in [0.15, 0.2) is 46.9 Å². The molecule has 4 aliphatic rings. The third kappa shape index (κ3) is 8.25. The second kappa shape index (κ2) is 15.9. The number of ether oxygens (including phenoxy) is 1. The van der Waals surface area contributed by atoms with Crippen molar-refractivity contribution in [3.8, 4) is 5.75 Å². The number of halogens is 1. The Kier molecular flexibility index (Phi) is 11.3. The number of rotatable bonds is 8. The molecule has 4 aliphatic heterocycles. The predicted molar refractivity (Wildman–Crippen MR) is 188 cm³/mol. The maximum atomic E-state index is 14.2. The van der Waals surface area contributed by atoms with Crippen LogP contribution in [-0.2, 0) is 32.0 Å². The number of fused-ring (bicyclic) bond motifs is 1. The van der Waals surface area contributed by atoms with Crippen LogP contribution in [0.5, 0.6) is 5.75 Å². The monoisotopic (exact) mass is 770 g/mol. The molecule has 2 aromatic rings. The summed E-state index contributed by atoms with van der Waals surface area (Å²) in [4.78, 5) is 71.0. The Labute approximate surface area is 304 Å². The Balaban J connectivity index is 1.14. The van der Waals surface area contributed by atoms with Crippen molar-refractivity contribution < 1.29 is 48.9 Å². The average Bonchev–Trinajstić information content (AvgIpc) is 3.30. The average molecular weight is 772 g/mol. The van der Waals surface area contributed by atoms with Crippen LogP contribution in [-0.4, -0.2) is 123 Å². The summed E-state index contributed by atoms with van der Waals surface area (Å²) < 4.78 is 6.30. The van der Waals surface area contributed by atoms with Gasteiger partial charge in [-0.3, -0.25) is 4.79 Å². The Morgan fingerprint density at radius 2 is 1.73 bits per heavy atom. The fourth-order valence-electron chi connectivity index (χ4n) is 8.16. The van der Waals surface area contributed by atoms with Gasteiger partial charge >= 0.3 is 24.1 Å². The van der Waals surface area contributed by atoms with Crippen molar-refractivity contribution in [2.24, 2.45) is 0 Å². The number of hydrogen-bond acceptors (Lipinski definition) is 7. The van der Waals surface area contributed by atoms with Gasteiger partial charge < -0.3 is 45.0 Å². The number of hydrogen-bond donors (Lipinski definition) is 5. The fraction of sp³-hybridized carbons (Fsp3) is 0.528. The van der Waals surface area contributed by atoms with Gasteiger partial charge in [0.1, 0.15) is 11.8 Å². The van der Waals surface area contributed by atoms with Crippen LogP contribution in [0.3, 0.4) is 0 Å². The van der Waals surface area contributed by atoms with Crippen LogP contribution in [0.4, 0.5) is 15.3 Å². The maximum absolute atomic E-state index is 14.2. The van der Waals surface area contributed by atoms with E-state index in [2.05, 4.69) is 21.2 Å². The SMILES string of the molecule is O=C(O)C1CC([NH+]2CCCCC2C(=O)O)CCN1C(=O)[C@@H](Cc1ccc(O)c(Br)c1)OC(=O)N1CCC(N2CCc3ccccc3NC2=O)CC1. The zero-order chi connectivity index (χ0) is 36.2. The number of phenolic OH excluding ortho intramolecular Hbond substituents is 1. The lowest BCUT2D eigenvalue weighted by molar-refractivity contribution is -0.947. The summed E-state index contributed by atoms with van der Waals surface area (Å²) in [5, 5.41) is 33.2. The molecule has 15 heteroatoms. The number of quaternary nitrogens is 1. The van der Waals surface area contributed by atoms with Crippen molar-refractivity contribution >= 4 is 51.6 Å². The number of nitrogens with zero attached hydrogens (tertiary/aromatic N) is 3. The molecule has 4 amide bonds. The van der Waals surface area contributed by atoms with E-state index in [-0.39, 0.29) is 43.3 Å². The molecule has 3 saturated heterocycles. The van der Waals surface area contributed by atoms with Crippen LogP contribution in [0.25, 0.3) is 0 Å². The minimum atomic E-state index is -1.35. The van der Waals surface area contributed by atoms with E-state index < -0.39 is 42.1 Å². The third-order valence-electron chi connectivity index (χ3n) is 10.9. The minimum Gasteiger partial charge on any atom is -0.507 e. The number of phenols is 1. The van der Waals surface area contributed by atoms with E-state index in [0.717, 1.165) is 29.0 Å². The summed E-state index contributed by atoms with van der Waals surface area (Å²) in [6.07, 6.45) is 2.33. The van der Waals surface area contributed by atoms with Gasteiger partial charge in [0, 0.05) is 63.6 Å². The molecular weight excluding hydrogens is 726 g/mol. The summed E-state index contributed by atoms with van der Waals surface area (Å²) in [7, 11) is 0. The molecule has 14 nitrogen and oxygen atoms in total. The van der Waals surface area contributed by atoms with Gasteiger partial charge in [0.05, 0.1) is 17.1 Å². The number of carboxylic acids is 2. The molecule has 2 aromatic carbocycles. The fourth-order valence-corrected chi connectivity index (χ4v) is 8.58. The van der Waals surface area contributed by atoms with Crippen molar-refractivity contribution in [2.75, 3.05) is 38.0 Å². The van der Waals surface area contributed by atoms with E-state index in [1.165, 1.54) is 15.9 Å². The Bertz CT molecular complexity index is 1650. The lowest BCUT2D eigenvalue weighted by Crippen LogP contribution is -3.21. The molecule has 51 heavy (non-hydrogen) atoms. The van der Waals surface area contributed by atoms with Gasteiger partial charge in [-0.25, -0.2) is 19.2 Å². The first-order chi connectivity index (χ1) is 24.5. The number of amides is 4. The standard InChI is InChI=1S/C36H44BrN5O9/c37-26-19-22(8-9-30(26)43)20-31(32(44)42-18-13-25(21-29(42)34(47)48)40-14-4-3-7-28(40)33(45)46)51-36(50)39-15-11-24(12-16-39)41-17-10-23-5-1-2-6-27(23)38-35(41)49/h1-2,5-6,8-9,19,24-25,28-29,31,43H,3-4,7,10-18,20-21H2,(H,38,49)(H,45,46)(H,47,48)/p+1/t25?,28?,29?,31-/m1/s1. The molecule has 0 saturated carbocycles. The molecule has 0 spiro atoms. The molecule has 0 radical (unpaired) electrons. The van der Waals surface area contributed by atoms with E-state index in [0.29, 0.717) is 68.3 Å². The number of benzene rings is 2. The molecule has 3 fully saturated rings. The van der Waals surface area contributed by atoms with Crippen molar-refractivity contribution in [3.63, 3.8) is 0 Å². The lowest BCUT2D eigenvalue weighted by Gasteiger charge is -2.43. The van der Waals surface area contributed by atoms with Crippen LogP contribution in [0, 0.1) is 0 Å². The van der Waals surface area contributed by atoms with E-state index in [4.69, 9.17) is 4.74 Å². The number of carbonyl (C=O) groups excluding carboxylic acids is 3. The van der Waals surface area contributed by atoms with Gasteiger partial charge in [0.15, 0.2) is 12.1 Å². The van der Waals surface area contributed by atoms with Gasteiger partial charge in [0.2, 0.25) is 0 Å². The zero-order valence-corrected chi connectivity index (χ0v) is 29.9. The molecule has 0 aromatic heterocycles. The number of aliphatic carboxylic acids is 2. The topological polar surface area (TPSA) is 181 Å². The normalized spacial score (nSPS) is 24.9. The Morgan fingerprint density at radius 1 is 0.961 bits per heavy atom. The highest BCUT2D eigenvalue weighted by atomic mass is 79.9. The molecule has 0 aliphatic carbocycles. The maximum Gasteiger partial charge on any atom is 0.410 e. The summed E-state index contributed by atoms with van der Waals surface area (Å²) >= 11 is 3.29. The molecule has 5 N–H and O–H groups in total. The minimum absolute atomic E-state index is 0.00338. The predicted octanol–water partition coefficient (Wildman–Crippen LogP) is 2.72. The van der Waals surface area contributed by atoms with Gasteiger partial charge in [0.25, 0.3) is 5.91 Å². The van der Waals surface area contributed by atoms with Crippen molar-refractivity contribution in [3.05, 3.63) is 58.1 Å². The first-order valence-corrected chi connectivity index (χ1v) is 18.5. The third-order valence-corrected chi connectivity index (χ3v) is 11.5. The highest BCUT2D eigenvalue weighted by molar-refractivity contribution is 9.10. The summed E-state index contributed by atoms with van der Waals surface area (Å²) in [6, 6.07) is 10.1. The second-order valence-electron chi connectivity index (χ2n) is 13.9. The zero-order valence-electron chi connectivity index (χ0n) is 28.3. The van der Waals surface area contributed by atoms with Crippen LogP contribution in [0.1, 0.15) is 56.1 Å². The summed E-state index contributed by atoms with van der Waals surface area (Å²) in [5.74, 6) is -2.74. The van der Waals surface area contributed by atoms with Crippen molar-refractivity contribution in [1.82, 2.24) is 14.7 Å². The van der Waals surface area contributed by atoms with E-state index in [9.17, 15) is 39.3 Å². The Morgan fingerprint density at radius 3 is 2.45 bits per heavy atom. The number of anilines is 1. The number of carboxylic acid groups (broad SMARTS) is 2. The summed E-state index contributed by atoms with van der Waals surface area (Å²) in [6.45, 7) is 1.87. The Hall–Kier alpha value is -4.37. The quantitative estimate of drug-likeness (QED) is 0.270. The smallest absolute Gasteiger partial charge is 0.410 e. The molecule has 4 unspecified atom stereocenters. The molecular formula is C36H45BrN5O9+. The highest BCUT2D eigenvalue weighted by Crippen LogP contribution is 2.28. The van der Waals surface area contributed by atoms with Crippen LogP contribution in [0.2, 0.25) is 0 Å². The van der Waals surface area contributed by atoms with Crippen LogP contribution < -0.4 is 10.2 Å². The van der Waals surface area contributed by atoms with E-state index >= 15 is 0 Å². The number of aromatic hydroxyl groups is 1. The molecule has 0 bridgehead atoms. The molecule has 274 valence electrons. The van der Waals surface area contributed by atoms with Crippen LogP contribution >= 0.6 is 15.9 Å². The lowest BCUT2D eigenvalue weighted by atomic mass is 9.90.